The molecule has 0 radical (unpaired) electrons. The van der Waals surface area contributed by atoms with E-state index in [9.17, 15) is 4.79 Å². The van der Waals surface area contributed by atoms with Gasteiger partial charge in [-0.05, 0) is 29.7 Å². The molecule has 1 aromatic carbocycles. The van der Waals surface area contributed by atoms with Gasteiger partial charge in [0, 0.05) is 23.0 Å². The third kappa shape index (κ3) is 3.55. The smallest absolute Gasteiger partial charge is 0.327 e. The van der Waals surface area contributed by atoms with E-state index < -0.39 is 6.04 Å². The van der Waals surface area contributed by atoms with Crippen LogP contribution in [0, 0.1) is 0 Å². The number of hydrogen-bond acceptors (Lipinski definition) is 7. The van der Waals surface area contributed by atoms with Crippen LogP contribution in [0.5, 0.6) is 5.06 Å². The maximum Gasteiger partial charge on any atom is 0.327 e. The summed E-state index contributed by atoms with van der Waals surface area (Å²) >= 11 is 8.15. The van der Waals surface area contributed by atoms with Crippen molar-refractivity contribution in [2.24, 2.45) is 0 Å². The summed E-state index contributed by atoms with van der Waals surface area (Å²) in [6, 6.07) is 8.68. The first-order chi connectivity index (χ1) is 11.6. The van der Waals surface area contributed by atoms with E-state index in [1.807, 2.05) is 24.3 Å². The number of hydrogen-bond donors (Lipinski definition) is 1. The number of carbonyl (C=O) groups is 1. The summed E-state index contributed by atoms with van der Waals surface area (Å²) < 4.78 is 18.9. The minimum atomic E-state index is -0.548. The molecule has 2 aromatic rings. The van der Waals surface area contributed by atoms with Gasteiger partial charge in [0.25, 0.3) is 0 Å². The number of thiophene rings is 1. The van der Waals surface area contributed by atoms with Gasteiger partial charge in [0.15, 0.2) is 5.06 Å². The van der Waals surface area contributed by atoms with Crippen LogP contribution in [-0.4, -0.2) is 29.1 Å². The van der Waals surface area contributed by atoms with E-state index in [1.54, 1.807) is 6.07 Å². The number of esters is 1. The average molecular weight is 386 g/mol. The lowest BCUT2D eigenvalue weighted by Gasteiger charge is -2.33. The van der Waals surface area contributed by atoms with Gasteiger partial charge < -0.3 is 8.92 Å². The van der Waals surface area contributed by atoms with Crippen molar-refractivity contribution in [3.63, 3.8) is 0 Å². The number of rotatable bonds is 5. The molecule has 8 heteroatoms. The van der Waals surface area contributed by atoms with E-state index in [1.165, 1.54) is 23.3 Å². The van der Waals surface area contributed by atoms with Crippen LogP contribution in [0.1, 0.15) is 22.0 Å². The van der Waals surface area contributed by atoms with E-state index in [0.717, 1.165) is 17.5 Å². The van der Waals surface area contributed by atoms with Crippen LogP contribution >= 0.6 is 35.3 Å². The van der Waals surface area contributed by atoms with Crippen molar-refractivity contribution in [3.8, 4) is 5.06 Å². The second-order valence-corrected chi connectivity index (χ2v) is 7.16. The molecule has 128 valence electrons. The van der Waals surface area contributed by atoms with Gasteiger partial charge in [-0.2, -0.15) is 0 Å². The number of carbonyl (C=O) groups excluding carboxylic acids is 1. The van der Waals surface area contributed by atoms with Crippen LogP contribution in [0.25, 0.3) is 0 Å². The summed E-state index contributed by atoms with van der Waals surface area (Å²) in [5.74, 6) is -0.329. The molecule has 0 fully saturated rings. The van der Waals surface area contributed by atoms with Crippen LogP contribution < -0.4 is 4.18 Å². The molecule has 0 saturated carbocycles. The Kier molecular flexibility index (Phi) is 5.68. The molecule has 1 aliphatic heterocycles. The fourth-order valence-corrected chi connectivity index (χ4v) is 4.39. The zero-order valence-electron chi connectivity index (χ0n) is 12.9. The van der Waals surface area contributed by atoms with Crippen molar-refractivity contribution in [2.75, 3.05) is 13.7 Å². The van der Waals surface area contributed by atoms with E-state index in [2.05, 4.69) is 4.90 Å². The van der Waals surface area contributed by atoms with Crippen LogP contribution in [0.15, 0.2) is 30.3 Å². The van der Waals surface area contributed by atoms with Gasteiger partial charge in [0.1, 0.15) is 6.04 Å². The minimum Gasteiger partial charge on any atom is -0.468 e. The van der Waals surface area contributed by atoms with Crippen LogP contribution in [0.4, 0.5) is 0 Å². The zero-order valence-corrected chi connectivity index (χ0v) is 15.3. The summed E-state index contributed by atoms with van der Waals surface area (Å²) in [4.78, 5) is 15.7. The molecule has 1 aromatic heterocycles. The summed E-state index contributed by atoms with van der Waals surface area (Å²) in [5.41, 5.74) is 1.84. The highest BCUT2D eigenvalue weighted by molar-refractivity contribution is 7.89. The molecule has 5 nitrogen and oxygen atoms in total. The Bertz CT molecular complexity index is 737. The van der Waals surface area contributed by atoms with Gasteiger partial charge in [-0.15, -0.1) is 11.3 Å². The normalized spacial score (nSPS) is 15.6. The molecule has 24 heavy (non-hydrogen) atoms. The molecule has 1 unspecified atom stereocenters. The van der Waals surface area contributed by atoms with Crippen LogP contribution in [0.3, 0.4) is 0 Å². The van der Waals surface area contributed by atoms with Gasteiger partial charge in [-0.25, -0.2) is 4.79 Å². The molecule has 1 aliphatic rings. The lowest BCUT2D eigenvalue weighted by molar-refractivity contribution is -0.147. The van der Waals surface area contributed by atoms with E-state index in [4.69, 9.17) is 25.1 Å². The Morgan fingerprint density at radius 2 is 2.25 bits per heavy atom. The van der Waals surface area contributed by atoms with Crippen molar-refractivity contribution in [2.45, 2.75) is 19.0 Å². The summed E-state index contributed by atoms with van der Waals surface area (Å²) in [5, 5.41) is 1.20. The Labute approximate surface area is 153 Å². The number of halogens is 1. The predicted molar refractivity (Wildman–Crippen MR) is 95.5 cm³/mol. The van der Waals surface area contributed by atoms with Gasteiger partial charge >= 0.3 is 5.97 Å². The molecule has 1 N–H and O–H groups in total. The molecular formula is C16H16ClNO4S2. The monoisotopic (exact) mass is 385 g/mol. The topological polar surface area (TPSA) is 59.0 Å². The first kappa shape index (κ1) is 17.6. The van der Waals surface area contributed by atoms with Crippen molar-refractivity contribution in [1.29, 1.82) is 0 Å². The summed E-state index contributed by atoms with van der Waals surface area (Å²) in [6.07, 6.45) is 0.803. The highest BCUT2D eigenvalue weighted by Crippen LogP contribution is 2.38. The molecule has 0 aliphatic carbocycles. The van der Waals surface area contributed by atoms with Gasteiger partial charge in [-0.3, -0.25) is 9.45 Å². The zero-order chi connectivity index (χ0) is 17.1. The van der Waals surface area contributed by atoms with E-state index in [-0.39, 0.29) is 5.97 Å². The second-order valence-electron chi connectivity index (χ2n) is 5.34. The quantitative estimate of drug-likeness (QED) is 0.615. The predicted octanol–water partition coefficient (Wildman–Crippen LogP) is 4.17. The van der Waals surface area contributed by atoms with Crippen LogP contribution in [-0.2, 0) is 22.5 Å². The van der Waals surface area contributed by atoms with Crippen molar-refractivity contribution < 1.29 is 18.3 Å². The maximum atomic E-state index is 12.4. The molecule has 1 atom stereocenters. The van der Waals surface area contributed by atoms with Gasteiger partial charge in [0.05, 0.1) is 7.11 Å². The fourth-order valence-electron chi connectivity index (χ4n) is 2.91. The Balaban J connectivity index is 1.89. The van der Waals surface area contributed by atoms with Crippen molar-refractivity contribution in [3.05, 3.63) is 51.4 Å². The standard InChI is InChI=1S/C16H16ClNO4S2/c1-21-16(19)15(11-4-2-3-5-12(11)17)18-7-6-13-10(9-18)8-14(23-13)22-24-20/h2-5,8,15,20H,6-7,9H2,1H3. The van der Waals surface area contributed by atoms with Gasteiger partial charge in [0.2, 0.25) is 12.3 Å². The van der Waals surface area contributed by atoms with Crippen LogP contribution in [0.2, 0.25) is 5.02 Å². The molecule has 0 saturated heterocycles. The van der Waals surface area contributed by atoms with Gasteiger partial charge in [-0.1, -0.05) is 29.8 Å². The average Bonchev–Trinajstić information content (AvgIpc) is 2.98. The number of methoxy groups -OCH3 is 1. The third-order valence-corrected chi connectivity index (χ3v) is 5.80. The highest BCUT2D eigenvalue weighted by atomic mass is 35.5. The van der Waals surface area contributed by atoms with Crippen molar-refractivity contribution >= 4 is 41.2 Å². The SMILES string of the molecule is COC(=O)C(c1ccccc1Cl)N1CCc2sc(OSO)cc2C1. The Morgan fingerprint density at radius 1 is 1.46 bits per heavy atom. The number of benzene rings is 1. The van der Waals surface area contributed by atoms with E-state index in [0.29, 0.717) is 35.5 Å². The maximum absolute atomic E-state index is 12.4. The number of nitrogens with zero attached hydrogens (tertiary/aromatic N) is 1. The molecular weight excluding hydrogens is 370 g/mol. The van der Waals surface area contributed by atoms with Crippen molar-refractivity contribution in [1.82, 2.24) is 4.90 Å². The highest BCUT2D eigenvalue weighted by Gasteiger charge is 2.33. The first-order valence-electron chi connectivity index (χ1n) is 7.30. The molecule has 0 amide bonds. The summed E-state index contributed by atoms with van der Waals surface area (Å²) in [7, 11) is 1.39. The number of fused-ring (bicyclic) bond motifs is 1. The molecule has 2 heterocycles. The first-order valence-corrected chi connectivity index (χ1v) is 9.19. The third-order valence-electron chi connectivity index (χ3n) is 3.98. The Morgan fingerprint density at radius 3 is 2.96 bits per heavy atom. The molecule has 0 bridgehead atoms. The van der Waals surface area contributed by atoms with E-state index >= 15 is 0 Å². The second kappa shape index (κ2) is 7.76. The lowest BCUT2D eigenvalue weighted by Crippen LogP contribution is -2.38. The summed E-state index contributed by atoms with van der Waals surface area (Å²) in [6.45, 7) is 1.31. The minimum absolute atomic E-state index is 0.329. The molecule has 3 rings (SSSR count). The Hall–Kier alpha value is -1.25. The fraction of sp³-hybridized carbons (Fsp3) is 0.312. The molecule has 0 spiro atoms. The largest absolute Gasteiger partial charge is 0.468 e. The lowest BCUT2D eigenvalue weighted by atomic mass is 10.0. The number of ether oxygens (including phenoxy) is 1.